The number of fused-ring (bicyclic) bond motifs is 2. The quantitative estimate of drug-likeness (QED) is 0.694. The Bertz CT molecular complexity index is 226. The highest BCUT2D eigenvalue weighted by Gasteiger charge is 2.55. The van der Waals surface area contributed by atoms with Crippen LogP contribution >= 0.6 is 0 Å². The first-order chi connectivity index (χ1) is 6.19. The molecule has 3 unspecified atom stereocenters. The molecule has 2 bridgehead atoms. The first-order valence-electron chi connectivity index (χ1n) is 5.03. The fourth-order valence-corrected chi connectivity index (χ4v) is 3.32. The molecular weight excluding hydrogens is 168 g/mol. The number of aliphatic hydroxyl groups is 1. The van der Waals surface area contributed by atoms with E-state index in [4.69, 9.17) is 5.11 Å². The minimum atomic E-state index is -0.686. The molecule has 13 heavy (non-hydrogen) atoms. The standard InChI is InChI=1S/C10H16O3/c11-4-3-10(9(12)13)6-7-1-2-8(10)5-7/h7-8,11H,1-6H2,(H,12,13). The van der Waals surface area contributed by atoms with E-state index >= 15 is 0 Å². The molecule has 3 nitrogen and oxygen atoms in total. The fraction of sp³-hybridized carbons (Fsp3) is 0.900. The highest BCUT2D eigenvalue weighted by atomic mass is 16.4. The maximum absolute atomic E-state index is 11.2. The largest absolute Gasteiger partial charge is 0.481 e. The fourth-order valence-electron chi connectivity index (χ4n) is 3.32. The maximum Gasteiger partial charge on any atom is 0.310 e. The van der Waals surface area contributed by atoms with Crippen molar-refractivity contribution in [3.63, 3.8) is 0 Å². The zero-order valence-corrected chi connectivity index (χ0v) is 7.70. The van der Waals surface area contributed by atoms with Gasteiger partial charge in [-0.05, 0) is 37.5 Å². The second kappa shape index (κ2) is 2.98. The summed E-state index contributed by atoms with van der Waals surface area (Å²) >= 11 is 0. The minimum absolute atomic E-state index is 0.00944. The number of hydrogen-bond acceptors (Lipinski definition) is 2. The number of rotatable bonds is 3. The van der Waals surface area contributed by atoms with Gasteiger partial charge in [0.1, 0.15) is 0 Å². The van der Waals surface area contributed by atoms with Crippen molar-refractivity contribution in [2.75, 3.05) is 6.61 Å². The lowest BCUT2D eigenvalue weighted by Crippen LogP contribution is -2.37. The van der Waals surface area contributed by atoms with E-state index in [1.54, 1.807) is 0 Å². The van der Waals surface area contributed by atoms with Crippen LogP contribution in [0, 0.1) is 17.3 Å². The van der Waals surface area contributed by atoms with Crippen LogP contribution in [-0.2, 0) is 4.79 Å². The zero-order valence-electron chi connectivity index (χ0n) is 7.70. The molecule has 0 aromatic rings. The molecule has 3 atom stereocenters. The van der Waals surface area contributed by atoms with Gasteiger partial charge in [-0.3, -0.25) is 4.79 Å². The Balaban J connectivity index is 2.20. The van der Waals surface area contributed by atoms with Crippen LogP contribution in [0.1, 0.15) is 32.1 Å². The summed E-state index contributed by atoms with van der Waals surface area (Å²) in [5, 5.41) is 18.1. The third kappa shape index (κ3) is 1.17. The number of carbonyl (C=O) groups is 1. The number of carboxylic acid groups (broad SMARTS) is 1. The highest BCUT2D eigenvalue weighted by molar-refractivity contribution is 5.75. The number of hydrogen-bond donors (Lipinski definition) is 2. The molecule has 2 rings (SSSR count). The maximum atomic E-state index is 11.2. The van der Waals surface area contributed by atoms with Crippen LogP contribution in [0.3, 0.4) is 0 Å². The molecule has 0 amide bonds. The van der Waals surface area contributed by atoms with Gasteiger partial charge in [-0.15, -0.1) is 0 Å². The summed E-state index contributed by atoms with van der Waals surface area (Å²) in [6.45, 7) is 0.00944. The number of carboxylic acids is 1. The van der Waals surface area contributed by atoms with Crippen molar-refractivity contribution in [1.29, 1.82) is 0 Å². The van der Waals surface area contributed by atoms with Crippen molar-refractivity contribution in [2.45, 2.75) is 32.1 Å². The van der Waals surface area contributed by atoms with E-state index < -0.39 is 11.4 Å². The summed E-state index contributed by atoms with van der Waals surface area (Å²) in [4.78, 5) is 11.2. The lowest BCUT2D eigenvalue weighted by molar-refractivity contribution is -0.153. The van der Waals surface area contributed by atoms with Crippen molar-refractivity contribution in [3.8, 4) is 0 Å². The van der Waals surface area contributed by atoms with Crippen LogP contribution in [0.5, 0.6) is 0 Å². The van der Waals surface area contributed by atoms with Gasteiger partial charge >= 0.3 is 5.97 Å². The van der Waals surface area contributed by atoms with Crippen LogP contribution < -0.4 is 0 Å². The lowest BCUT2D eigenvalue weighted by atomic mass is 9.71. The van der Waals surface area contributed by atoms with E-state index in [9.17, 15) is 9.90 Å². The van der Waals surface area contributed by atoms with Crippen LogP contribution in [-0.4, -0.2) is 22.8 Å². The first kappa shape index (κ1) is 9.00. The second-order valence-electron chi connectivity index (χ2n) is 4.52. The molecule has 0 aliphatic heterocycles. The third-order valence-corrected chi connectivity index (χ3v) is 3.96. The van der Waals surface area contributed by atoms with E-state index in [2.05, 4.69) is 0 Å². The second-order valence-corrected chi connectivity index (χ2v) is 4.52. The van der Waals surface area contributed by atoms with E-state index in [0.717, 1.165) is 19.3 Å². The van der Waals surface area contributed by atoms with Gasteiger partial charge in [0.2, 0.25) is 0 Å². The van der Waals surface area contributed by atoms with Crippen LogP contribution in [0.4, 0.5) is 0 Å². The van der Waals surface area contributed by atoms with Gasteiger partial charge in [0, 0.05) is 6.61 Å². The zero-order chi connectivity index (χ0) is 9.47. The first-order valence-corrected chi connectivity index (χ1v) is 5.03. The SMILES string of the molecule is O=C(O)C1(CCO)CC2CCC1C2. The van der Waals surface area contributed by atoms with Crippen LogP contribution in [0.25, 0.3) is 0 Å². The molecule has 0 spiro atoms. The Morgan fingerprint density at radius 3 is 2.62 bits per heavy atom. The van der Waals surface area contributed by atoms with Crippen LogP contribution in [0.15, 0.2) is 0 Å². The molecule has 2 aliphatic rings. The third-order valence-electron chi connectivity index (χ3n) is 3.96. The Kier molecular flexibility index (Phi) is 2.06. The smallest absolute Gasteiger partial charge is 0.310 e. The molecule has 2 fully saturated rings. The molecule has 0 radical (unpaired) electrons. The molecule has 0 heterocycles. The number of aliphatic hydroxyl groups excluding tert-OH is 1. The topological polar surface area (TPSA) is 57.5 Å². The van der Waals surface area contributed by atoms with Gasteiger partial charge in [0.05, 0.1) is 5.41 Å². The van der Waals surface area contributed by atoms with Gasteiger partial charge in [-0.2, -0.15) is 0 Å². The summed E-state index contributed by atoms with van der Waals surface area (Å²) in [6.07, 6.45) is 4.57. The minimum Gasteiger partial charge on any atom is -0.481 e. The van der Waals surface area contributed by atoms with E-state index in [-0.39, 0.29) is 6.61 Å². The predicted octanol–water partition coefficient (Wildman–Crippen LogP) is 1.26. The van der Waals surface area contributed by atoms with E-state index in [0.29, 0.717) is 18.3 Å². The van der Waals surface area contributed by atoms with Crippen molar-refractivity contribution >= 4 is 5.97 Å². The van der Waals surface area contributed by atoms with Gasteiger partial charge in [0.25, 0.3) is 0 Å². The molecule has 2 N–H and O–H groups in total. The van der Waals surface area contributed by atoms with Crippen molar-refractivity contribution in [1.82, 2.24) is 0 Å². The molecule has 74 valence electrons. The summed E-state index contributed by atoms with van der Waals surface area (Å²) in [6, 6.07) is 0. The normalized spacial score (nSPS) is 42.5. The molecule has 0 aromatic heterocycles. The summed E-state index contributed by atoms with van der Waals surface area (Å²) in [5.74, 6) is 0.267. The van der Waals surface area contributed by atoms with Gasteiger partial charge in [-0.25, -0.2) is 0 Å². The van der Waals surface area contributed by atoms with E-state index in [1.165, 1.54) is 6.42 Å². The van der Waals surface area contributed by atoms with Gasteiger partial charge in [-0.1, -0.05) is 6.42 Å². The van der Waals surface area contributed by atoms with Gasteiger partial charge in [0.15, 0.2) is 0 Å². The molecule has 0 aromatic carbocycles. The van der Waals surface area contributed by atoms with Crippen molar-refractivity contribution < 1.29 is 15.0 Å². The average Bonchev–Trinajstić information content (AvgIpc) is 2.64. The lowest BCUT2D eigenvalue weighted by Gasteiger charge is -2.32. The Morgan fingerprint density at radius 1 is 1.46 bits per heavy atom. The van der Waals surface area contributed by atoms with Crippen LogP contribution in [0.2, 0.25) is 0 Å². The molecule has 2 aliphatic carbocycles. The van der Waals surface area contributed by atoms with Crippen molar-refractivity contribution in [2.24, 2.45) is 17.3 Å². The molecular formula is C10H16O3. The summed E-state index contributed by atoms with van der Waals surface area (Å²) in [7, 11) is 0. The van der Waals surface area contributed by atoms with Crippen molar-refractivity contribution in [3.05, 3.63) is 0 Å². The van der Waals surface area contributed by atoms with Gasteiger partial charge < -0.3 is 10.2 Å². The molecule has 3 heteroatoms. The summed E-state index contributed by atoms with van der Waals surface area (Å²) in [5.41, 5.74) is -0.572. The molecule has 0 saturated heterocycles. The average molecular weight is 184 g/mol. The Labute approximate surface area is 77.8 Å². The Morgan fingerprint density at radius 2 is 2.23 bits per heavy atom. The Hall–Kier alpha value is -0.570. The number of aliphatic carboxylic acids is 1. The predicted molar refractivity (Wildman–Crippen MR) is 47.2 cm³/mol. The molecule has 2 saturated carbocycles. The summed E-state index contributed by atoms with van der Waals surface area (Å²) < 4.78 is 0. The highest BCUT2D eigenvalue weighted by Crippen LogP contribution is 2.57. The monoisotopic (exact) mass is 184 g/mol. The van der Waals surface area contributed by atoms with E-state index in [1.807, 2.05) is 0 Å².